The third-order valence-electron chi connectivity index (χ3n) is 2.18. The van der Waals surface area contributed by atoms with Crippen molar-refractivity contribution in [2.75, 3.05) is 19.0 Å². The second-order valence-corrected chi connectivity index (χ2v) is 3.46. The summed E-state index contributed by atoms with van der Waals surface area (Å²) in [4.78, 5) is 11.3. The number of anilines is 1. The fourth-order valence-electron chi connectivity index (χ4n) is 1.11. The number of carbonyl (C=O) groups is 1. The van der Waals surface area contributed by atoms with Gasteiger partial charge in [-0.2, -0.15) is 0 Å². The molecule has 0 aliphatic heterocycles. The lowest BCUT2D eigenvalue weighted by atomic mass is 10.3. The molecule has 0 heterocycles. The van der Waals surface area contributed by atoms with Crippen molar-refractivity contribution in [1.29, 1.82) is 0 Å². The molecule has 1 amide bonds. The van der Waals surface area contributed by atoms with Gasteiger partial charge in [-0.05, 0) is 19.1 Å². The monoisotopic (exact) mass is 223 g/mol. The maximum absolute atomic E-state index is 11.3. The molecule has 88 valence electrons. The molecule has 1 rings (SSSR count). The summed E-state index contributed by atoms with van der Waals surface area (Å²) in [7, 11) is 1.63. The molecule has 4 heteroatoms. The minimum Gasteiger partial charge on any atom is -0.449 e. The summed E-state index contributed by atoms with van der Waals surface area (Å²) in [5.41, 5.74) is 0.729. The van der Waals surface area contributed by atoms with E-state index >= 15 is 0 Å². The van der Waals surface area contributed by atoms with Crippen LogP contribution in [0.5, 0.6) is 0 Å². The van der Waals surface area contributed by atoms with Crippen LogP contribution in [0.2, 0.25) is 0 Å². The average Bonchev–Trinajstić information content (AvgIpc) is 2.30. The molecule has 1 atom stereocenters. The first-order valence-corrected chi connectivity index (χ1v) is 5.24. The largest absolute Gasteiger partial charge is 0.449 e. The van der Waals surface area contributed by atoms with Gasteiger partial charge in [-0.1, -0.05) is 18.2 Å². The Balaban J connectivity index is 2.21. The fraction of sp³-hybridized carbons (Fsp3) is 0.417. The molecular weight excluding hydrogens is 206 g/mol. The van der Waals surface area contributed by atoms with Crippen molar-refractivity contribution in [2.24, 2.45) is 0 Å². The lowest BCUT2D eigenvalue weighted by molar-refractivity contribution is 0.0836. The highest BCUT2D eigenvalue weighted by atomic mass is 16.5. The Kier molecular flexibility index (Phi) is 5.36. The number of amides is 1. The van der Waals surface area contributed by atoms with E-state index < -0.39 is 6.09 Å². The summed E-state index contributed by atoms with van der Waals surface area (Å²) >= 11 is 0. The van der Waals surface area contributed by atoms with Gasteiger partial charge in [0.25, 0.3) is 0 Å². The van der Waals surface area contributed by atoms with Gasteiger partial charge < -0.3 is 9.47 Å². The summed E-state index contributed by atoms with van der Waals surface area (Å²) in [5.74, 6) is 0. The molecule has 0 aliphatic rings. The van der Waals surface area contributed by atoms with Crippen molar-refractivity contribution in [1.82, 2.24) is 0 Å². The van der Waals surface area contributed by atoms with Crippen molar-refractivity contribution < 1.29 is 14.3 Å². The Bertz CT molecular complexity index is 313. The minimum atomic E-state index is -0.436. The lowest BCUT2D eigenvalue weighted by Crippen LogP contribution is -2.17. The van der Waals surface area contributed by atoms with Crippen LogP contribution in [0.25, 0.3) is 0 Å². The molecule has 0 saturated heterocycles. The number of hydrogen-bond donors (Lipinski definition) is 1. The number of ether oxygens (including phenoxy) is 2. The van der Waals surface area contributed by atoms with Gasteiger partial charge in [0.15, 0.2) is 0 Å². The Morgan fingerprint density at radius 2 is 2.06 bits per heavy atom. The van der Waals surface area contributed by atoms with E-state index in [0.29, 0.717) is 13.0 Å². The summed E-state index contributed by atoms with van der Waals surface area (Å²) in [6.07, 6.45) is 0.359. The zero-order valence-corrected chi connectivity index (χ0v) is 9.60. The maximum atomic E-state index is 11.3. The Morgan fingerprint density at radius 3 is 2.69 bits per heavy atom. The van der Waals surface area contributed by atoms with Crippen molar-refractivity contribution in [3.05, 3.63) is 30.3 Å². The molecule has 0 saturated carbocycles. The SMILES string of the molecule is COC(C)CCOC(=O)Nc1ccccc1. The van der Waals surface area contributed by atoms with Gasteiger partial charge in [-0.3, -0.25) is 5.32 Å². The number of methoxy groups -OCH3 is 1. The molecule has 0 bridgehead atoms. The Labute approximate surface area is 95.6 Å². The zero-order chi connectivity index (χ0) is 11.8. The number of carbonyl (C=O) groups excluding carboxylic acids is 1. The van der Waals surface area contributed by atoms with Crippen LogP contribution in [0, 0.1) is 0 Å². The molecule has 1 N–H and O–H groups in total. The molecular formula is C12H17NO3. The van der Waals surface area contributed by atoms with Crippen LogP contribution in [0.15, 0.2) is 30.3 Å². The first-order valence-electron chi connectivity index (χ1n) is 5.24. The van der Waals surface area contributed by atoms with E-state index in [2.05, 4.69) is 5.32 Å². The van der Waals surface area contributed by atoms with Crippen LogP contribution < -0.4 is 5.32 Å². The van der Waals surface area contributed by atoms with Crippen LogP contribution in [0.4, 0.5) is 10.5 Å². The van der Waals surface area contributed by atoms with Gasteiger partial charge in [0.05, 0.1) is 12.7 Å². The minimum absolute atomic E-state index is 0.101. The van der Waals surface area contributed by atoms with E-state index in [4.69, 9.17) is 9.47 Å². The maximum Gasteiger partial charge on any atom is 0.411 e. The van der Waals surface area contributed by atoms with E-state index in [-0.39, 0.29) is 6.10 Å². The topological polar surface area (TPSA) is 47.6 Å². The van der Waals surface area contributed by atoms with Crippen molar-refractivity contribution in [2.45, 2.75) is 19.4 Å². The summed E-state index contributed by atoms with van der Waals surface area (Å²) in [5, 5.41) is 2.63. The van der Waals surface area contributed by atoms with Gasteiger partial charge in [0, 0.05) is 19.2 Å². The number of benzene rings is 1. The predicted octanol–water partition coefficient (Wildman–Crippen LogP) is 2.66. The number of nitrogens with one attached hydrogen (secondary N) is 1. The van der Waals surface area contributed by atoms with Gasteiger partial charge >= 0.3 is 6.09 Å². The smallest absolute Gasteiger partial charge is 0.411 e. The third-order valence-corrected chi connectivity index (χ3v) is 2.18. The van der Waals surface area contributed by atoms with Gasteiger partial charge in [-0.25, -0.2) is 4.79 Å². The standard InChI is InChI=1S/C12H17NO3/c1-10(15-2)8-9-16-12(14)13-11-6-4-3-5-7-11/h3-7,10H,8-9H2,1-2H3,(H,13,14). The highest BCUT2D eigenvalue weighted by Crippen LogP contribution is 2.05. The van der Waals surface area contributed by atoms with Gasteiger partial charge in [-0.15, -0.1) is 0 Å². The second kappa shape index (κ2) is 6.85. The van der Waals surface area contributed by atoms with Crippen molar-refractivity contribution in [3.8, 4) is 0 Å². The summed E-state index contributed by atoms with van der Waals surface area (Å²) in [6, 6.07) is 9.19. The molecule has 0 fully saturated rings. The molecule has 1 unspecified atom stereocenters. The van der Waals surface area contributed by atoms with Crippen LogP contribution in [-0.4, -0.2) is 25.9 Å². The summed E-state index contributed by atoms with van der Waals surface area (Å²) < 4.78 is 10.0. The lowest BCUT2D eigenvalue weighted by Gasteiger charge is -2.10. The van der Waals surface area contributed by atoms with E-state index in [1.165, 1.54) is 0 Å². The molecule has 16 heavy (non-hydrogen) atoms. The first kappa shape index (κ1) is 12.5. The first-order chi connectivity index (χ1) is 7.72. The third kappa shape index (κ3) is 4.79. The quantitative estimate of drug-likeness (QED) is 0.834. The molecule has 4 nitrogen and oxygen atoms in total. The van der Waals surface area contributed by atoms with Gasteiger partial charge in [0.2, 0.25) is 0 Å². The van der Waals surface area contributed by atoms with Crippen molar-refractivity contribution in [3.63, 3.8) is 0 Å². The second-order valence-electron chi connectivity index (χ2n) is 3.46. The van der Waals surface area contributed by atoms with E-state index in [1.807, 2.05) is 25.1 Å². The Hall–Kier alpha value is -1.55. The molecule has 0 aliphatic carbocycles. The number of hydrogen-bond acceptors (Lipinski definition) is 3. The molecule has 0 radical (unpaired) electrons. The Morgan fingerprint density at radius 1 is 1.38 bits per heavy atom. The fourth-order valence-corrected chi connectivity index (χ4v) is 1.11. The number of rotatable bonds is 5. The normalized spacial score (nSPS) is 11.9. The van der Waals surface area contributed by atoms with Crippen LogP contribution in [-0.2, 0) is 9.47 Å². The average molecular weight is 223 g/mol. The van der Waals surface area contributed by atoms with E-state index in [1.54, 1.807) is 19.2 Å². The zero-order valence-electron chi connectivity index (χ0n) is 9.60. The highest BCUT2D eigenvalue weighted by Gasteiger charge is 2.04. The van der Waals surface area contributed by atoms with Crippen molar-refractivity contribution >= 4 is 11.8 Å². The van der Waals surface area contributed by atoms with E-state index in [0.717, 1.165) is 5.69 Å². The highest BCUT2D eigenvalue weighted by molar-refractivity contribution is 5.84. The van der Waals surface area contributed by atoms with Crippen LogP contribution in [0.1, 0.15) is 13.3 Å². The van der Waals surface area contributed by atoms with Crippen LogP contribution in [0.3, 0.4) is 0 Å². The molecule has 0 aromatic heterocycles. The van der Waals surface area contributed by atoms with E-state index in [9.17, 15) is 4.79 Å². The number of para-hydroxylation sites is 1. The van der Waals surface area contributed by atoms with Crippen LogP contribution >= 0.6 is 0 Å². The molecule has 0 spiro atoms. The summed E-state index contributed by atoms with van der Waals surface area (Å²) in [6.45, 7) is 2.28. The molecule has 1 aromatic rings. The predicted molar refractivity (Wildman–Crippen MR) is 62.5 cm³/mol. The van der Waals surface area contributed by atoms with Gasteiger partial charge in [0.1, 0.15) is 0 Å². The molecule has 1 aromatic carbocycles.